The maximum Gasteiger partial charge on any atom is 0.156 e. The van der Waals surface area contributed by atoms with E-state index in [9.17, 15) is 4.79 Å². The predicted molar refractivity (Wildman–Crippen MR) is 67.6 cm³/mol. The summed E-state index contributed by atoms with van der Waals surface area (Å²) in [6.45, 7) is 6.31. The number of carbonyl (C=O) groups is 1. The van der Waals surface area contributed by atoms with Crippen LogP contribution in [0.4, 0.5) is 5.82 Å². The lowest BCUT2D eigenvalue weighted by molar-refractivity contribution is 0.112. The predicted octanol–water partition coefficient (Wildman–Crippen LogP) is 2.42. The SMILES string of the molecule is CC(C)C1CCN(c2ncnc(Cl)c2C=O)C1. The van der Waals surface area contributed by atoms with Crippen molar-refractivity contribution >= 4 is 23.7 Å². The van der Waals surface area contributed by atoms with Gasteiger partial charge in [-0.25, -0.2) is 9.97 Å². The lowest BCUT2D eigenvalue weighted by Crippen LogP contribution is -2.23. The van der Waals surface area contributed by atoms with E-state index in [1.165, 1.54) is 6.33 Å². The van der Waals surface area contributed by atoms with Gasteiger partial charge in [-0.2, -0.15) is 0 Å². The lowest BCUT2D eigenvalue weighted by atomic mass is 9.95. The Morgan fingerprint density at radius 1 is 1.53 bits per heavy atom. The zero-order chi connectivity index (χ0) is 12.4. The molecule has 17 heavy (non-hydrogen) atoms. The molecule has 1 aliphatic rings. The summed E-state index contributed by atoms with van der Waals surface area (Å²) in [7, 11) is 0. The van der Waals surface area contributed by atoms with Gasteiger partial charge in [0.25, 0.3) is 0 Å². The first-order valence-corrected chi connectivity index (χ1v) is 6.22. The van der Waals surface area contributed by atoms with Crippen LogP contribution in [0.25, 0.3) is 0 Å². The number of halogens is 1. The second-order valence-electron chi connectivity index (χ2n) is 4.76. The highest BCUT2D eigenvalue weighted by Gasteiger charge is 2.27. The number of hydrogen-bond acceptors (Lipinski definition) is 4. The average molecular weight is 254 g/mol. The molecule has 0 N–H and O–H groups in total. The second kappa shape index (κ2) is 5.00. The molecule has 1 aliphatic heterocycles. The second-order valence-corrected chi connectivity index (χ2v) is 5.12. The Hall–Kier alpha value is -1.16. The van der Waals surface area contributed by atoms with Crippen LogP contribution in [0, 0.1) is 11.8 Å². The standard InChI is InChI=1S/C12H16ClN3O/c1-8(2)9-3-4-16(5-9)12-10(6-17)11(13)14-7-15-12/h6-9H,3-5H2,1-2H3. The highest BCUT2D eigenvalue weighted by Crippen LogP contribution is 2.30. The molecule has 5 heteroatoms. The van der Waals surface area contributed by atoms with E-state index in [4.69, 9.17) is 11.6 Å². The molecule has 1 unspecified atom stereocenters. The van der Waals surface area contributed by atoms with Crippen LogP contribution in [-0.2, 0) is 0 Å². The summed E-state index contributed by atoms with van der Waals surface area (Å²) in [5.41, 5.74) is 0.401. The minimum atomic E-state index is 0.234. The van der Waals surface area contributed by atoms with E-state index in [0.29, 0.717) is 23.2 Å². The molecular formula is C12H16ClN3O. The Balaban J connectivity index is 2.24. The Labute approximate surface area is 106 Å². The first-order chi connectivity index (χ1) is 8.13. The maximum atomic E-state index is 11.0. The van der Waals surface area contributed by atoms with Gasteiger partial charge in [0.05, 0.1) is 5.56 Å². The van der Waals surface area contributed by atoms with E-state index >= 15 is 0 Å². The van der Waals surface area contributed by atoms with Gasteiger partial charge in [-0.15, -0.1) is 0 Å². The number of aldehydes is 1. The largest absolute Gasteiger partial charge is 0.356 e. The fraction of sp³-hybridized carbons (Fsp3) is 0.583. The third kappa shape index (κ3) is 2.41. The molecular weight excluding hydrogens is 238 g/mol. The van der Waals surface area contributed by atoms with Gasteiger partial charge in [0.15, 0.2) is 6.29 Å². The molecule has 1 fully saturated rings. The topological polar surface area (TPSA) is 46.1 Å². The molecule has 0 amide bonds. The molecule has 1 aromatic rings. The number of rotatable bonds is 3. The molecule has 2 heterocycles. The minimum absolute atomic E-state index is 0.234. The van der Waals surface area contributed by atoms with Crippen molar-refractivity contribution in [3.05, 3.63) is 17.0 Å². The molecule has 0 aliphatic carbocycles. The third-order valence-electron chi connectivity index (χ3n) is 3.40. The quantitative estimate of drug-likeness (QED) is 0.613. The van der Waals surface area contributed by atoms with Gasteiger partial charge >= 0.3 is 0 Å². The third-order valence-corrected chi connectivity index (χ3v) is 3.70. The molecule has 1 saturated heterocycles. The van der Waals surface area contributed by atoms with Crippen molar-refractivity contribution in [2.75, 3.05) is 18.0 Å². The molecule has 0 bridgehead atoms. The number of aromatic nitrogens is 2. The van der Waals surface area contributed by atoms with Crippen molar-refractivity contribution in [1.29, 1.82) is 0 Å². The summed E-state index contributed by atoms with van der Waals surface area (Å²) in [6, 6.07) is 0. The van der Waals surface area contributed by atoms with Crippen molar-refractivity contribution in [2.24, 2.45) is 11.8 Å². The highest BCUT2D eigenvalue weighted by molar-refractivity contribution is 6.32. The van der Waals surface area contributed by atoms with Crippen LogP contribution in [0.5, 0.6) is 0 Å². The smallest absolute Gasteiger partial charge is 0.156 e. The van der Waals surface area contributed by atoms with Crippen molar-refractivity contribution in [3.8, 4) is 0 Å². The first-order valence-electron chi connectivity index (χ1n) is 5.84. The molecule has 2 rings (SSSR count). The molecule has 0 saturated carbocycles. The van der Waals surface area contributed by atoms with Crippen LogP contribution < -0.4 is 4.90 Å². The van der Waals surface area contributed by atoms with E-state index in [0.717, 1.165) is 25.8 Å². The summed E-state index contributed by atoms with van der Waals surface area (Å²) in [5, 5.41) is 0.234. The van der Waals surface area contributed by atoms with E-state index < -0.39 is 0 Å². The zero-order valence-electron chi connectivity index (χ0n) is 10.1. The van der Waals surface area contributed by atoms with Gasteiger partial charge < -0.3 is 4.90 Å². The summed E-state index contributed by atoms with van der Waals surface area (Å²) < 4.78 is 0. The van der Waals surface area contributed by atoms with E-state index in [1.54, 1.807) is 0 Å². The van der Waals surface area contributed by atoms with Gasteiger partial charge in [-0.1, -0.05) is 25.4 Å². The summed E-state index contributed by atoms with van der Waals surface area (Å²) in [5.74, 6) is 1.98. The molecule has 0 spiro atoms. The molecule has 0 aromatic carbocycles. The first kappa shape index (κ1) is 12.3. The number of nitrogens with zero attached hydrogens (tertiary/aromatic N) is 3. The number of carbonyl (C=O) groups excluding carboxylic acids is 1. The van der Waals surface area contributed by atoms with Crippen molar-refractivity contribution in [3.63, 3.8) is 0 Å². The van der Waals surface area contributed by atoms with Gasteiger partial charge in [-0.3, -0.25) is 4.79 Å². The van der Waals surface area contributed by atoms with Crippen LogP contribution in [0.15, 0.2) is 6.33 Å². The van der Waals surface area contributed by atoms with Crippen LogP contribution in [-0.4, -0.2) is 29.3 Å². The summed E-state index contributed by atoms with van der Waals surface area (Å²) in [6.07, 6.45) is 3.28. The van der Waals surface area contributed by atoms with Gasteiger partial charge in [-0.05, 0) is 18.3 Å². The molecule has 1 aromatic heterocycles. The van der Waals surface area contributed by atoms with Gasteiger partial charge in [0.2, 0.25) is 0 Å². The lowest BCUT2D eigenvalue weighted by Gasteiger charge is -2.20. The zero-order valence-corrected chi connectivity index (χ0v) is 10.8. The summed E-state index contributed by atoms with van der Waals surface area (Å²) >= 11 is 5.90. The van der Waals surface area contributed by atoms with Crippen molar-refractivity contribution < 1.29 is 4.79 Å². The monoisotopic (exact) mass is 253 g/mol. The van der Waals surface area contributed by atoms with E-state index in [1.807, 2.05) is 0 Å². The molecule has 1 atom stereocenters. The molecule has 92 valence electrons. The molecule has 0 radical (unpaired) electrons. The molecule has 4 nitrogen and oxygen atoms in total. The van der Waals surface area contributed by atoms with Crippen LogP contribution in [0.2, 0.25) is 5.15 Å². The Kier molecular flexibility index (Phi) is 3.62. The van der Waals surface area contributed by atoms with Gasteiger partial charge in [0.1, 0.15) is 17.3 Å². The Morgan fingerprint density at radius 2 is 2.29 bits per heavy atom. The normalized spacial score (nSPS) is 20.0. The number of hydrogen-bond donors (Lipinski definition) is 0. The van der Waals surface area contributed by atoms with Crippen molar-refractivity contribution in [1.82, 2.24) is 9.97 Å². The van der Waals surface area contributed by atoms with E-state index in [-0.39, 0.29) is 5.15 Å². The van der Waals surface area contributed by atoms with Crippen LogP contribution in [0.3, 0.4) is 0 Å². The Bertz CT molecular complexity index is 422. The Morgan fingerprint density at radius 3 is 2.88 bits per heavy atom. The fourth-order valence-corrected chi connectivity index (χ4v) is 2.42. The average Bonchev–Trinajstić information content (AvgIpc) is 2.77. The van der Waals surface area contributed by atoms with Crippen molar-refractivity contribution in [2.45, 2.75) is 20.3 Å². The number of anilines is 1. The van der Waals surface area contributed by atoms with Gasteiger partial charge in [0, 0.05) is 13.1 Å². The van der Waals surface area contributed by atoms with Crippen LogP contribution >= 0.6 is 11.6 Å². The highest BCUT2D eigenvalue weighted by atomic mass is 35.5. The fourth-order valence-electron chi connectivity index (χ4n) is 2.24. The summed E-state index contributed by atoms with van der Waals surface area (Å²) in [4.78, 5) is 21.2. The minimum Gasteiger partial charge on any atom is -0.356 e. The van der Waals surface area contributed by atoms with Crippen LogP contribution in [0.1, 0.15) is 30.6 Å². The maximum absolute atomic E-state index is 11.0. The van der Waals surface area contributed by atoms with E-state index in [2.05, 4.69) is 28.7 Å².